The number of rotatable bonds is 6. The van der Waals surface area contributed by atoms with E-state index in [1.165, 1.54) is 0 Å². The molecule has 1 fully saturated rings. The lowest BCUT2D eigenvalue weighted by Crippen LogP contribution is -2.51. The Morgan fingerprint density at radius 2 is 1.81 bits per heavy atom. The average Bonchev–Trinajstić information content (AvgIpc) is 2.99. The molecule has 4 N–H and O–H groups in total. The fraction of sp³-hybridized carbons (Fsp3) is 0.500. The highest BCUT2D eigenvalue weighted by Crippen LogP contribution is 2.24. The number of carbonyl (C=O) groups is 2. The number of primary amides is 1. The average molecular weight is 289 g/mol. The molecule has 21 heavy (non-hydrogen) atoms. The van der Waals surface area contributed by atoms with Crippen LogP contribution in [0, 0.1) is 0 Å². The van der Waals surface area contributed by atoms with E-state index in [0.29, 0.717) is 6.42 Å². The molecule has 1 aromatic carbocycles. The lowest BCUT2D eigenvalue weighted by Gasteiger charge is -2.30. The van der Waals surface area contributed by atoms with Gasteiger partial charge in [-0.3, -0.25) is 9.59 Å². The zero-order valence-corrected chi connectivity index (χ0v) is 12.2. The van der Waals surface area contributed by atoms with Gasteiger partial charge in [0.05, 0.1) is 12.6 Å². The first-order chi connectivity index (χ1) is 10.1. The fourth-order valence-corrected chi connectivity index (χ4v) is 2.94. The first-order valence-corrected chi connectivity index (χ1v) is 7.46. The van der Waals surface area contributed by atoms with Crippen molar-refractivity contribution >= 4 is 11.8 Å². The molecule has 0 spiro atoms. The SMILES string of the molecule is NC(=O)CN(C(=O)[C@@H](N)Cc1ccccc1)C1CCCC1. The van der Waals surface area contributed by atoms with Crippen molar-refractivity contribution in [2.45, 2.75) is 44.2 Å². The van der Waals surface area contributed by atoms with Gasteiger partial charge in [0.1, 0.15) is 0 Å². The van der Waals surface area contributed by atoms with Gasteiger partial charge in [-0.05, 0) is 24.8 Å². The van der Waals surface area contributed by atoms with Crippen LogP contribution in [0.3, 0.4) is 0 Å². The standard InChI is InChI=1S/C16H23N3O2/c17-14(10-12-6-2-1-3-7-12)16(21)19(11-15(18)20)13-8-4-5-9-13/h1-3,6-7,13-14H,4-5,8-11,17H2,(H2,18,20)/t14-/m0/s1. The van der Waals surface area contributed by atoms with E-state index in [-0.39, 0.29) is 18.5 Å². The number of amides is 2. The predicted molar refractivity (Wildman–Crippen MR) is 81.3 cm³/mol. The van der Waals surface area contributed by atoms with Crippen molar-refractivity contribution in [1.29, 1.82) is 0 Å². The van der Waals surface area contributed by atoms with E-state index in [1.807, 2.05) is 30.3 Å². The number of hydrogen-bond acceptors (Lipinski definition) is 3. The van der Waals surface area contributed by atoms with Crippen molar-refractivity contribution in [2.24, 2.45) is 11.5 Å². The highest BCUT2D eigenvalue weighted by Gasteiger charge is 2.30. The van der Waals surface area contributed by atoms with Crippen LogP contribution in [-0.2, 0) is 16.0 Å². The van der Waals surface area contributed by atoms with E-state index in [4.69, 9.17) is 11.5 Å². The van der Waals surface area contributed by atoms with Crippen LogP contribution in [-0.4, -0.2) is 35.3 Å². The van der Waals surface area contributed by atoms with Crippen molar-refractivity contribution < 1.29 is 9.59 Å². The molecule has 5 nitrogen and oxygen atoms in total. The van der Waals surface area contributed by atoms with E-state index in [1.54, 1.807) is 4.90 Å². The Hall–Kier alpha value is -1.88. The van der Waals surface area contributed by atoms with Gasteiger partial charge in [-0.2, -0.15) is 0 Å². The van der Waals surface area contributed by atoms with E-state index in [9.17, 15) is 9.59 Å². The molecule has 0 radical (unpaired) electrons. The molecule has 114 valence electrons. The topological polar surface area (TPSA) is 89.4 Å². The van der Waals surface area contributed by atoms with Crippen LogP contribution in [0.2, 0.25) is 0 Å². The second-order valence-electron chi connectivity index (χ2n) is 5.67. The van der Waals surface area contributed by atoms with Crippen LogP contribution >= 0.6 is 0 Å². The first kappa shape index (κ1) is 15.5. The summed E-state index contributed by atoms with van der Waals surface area (Å²) in [4.78, 5) is 25.4. The Bertz CT molecular complexity index is 484. The number of nitrogens with two attached hydrogens (primary N) is 2. The maximum Gasteiger partial charge on any atom is 0.240 e. The highest BCUT2D eigenvalue weighted by atomic mass is 16.2. The summed E-state index contributed by atoms with van der Waals surface area (Å²) < 4.78 is 0. The molecule has 1 aliphatic rings. The van der Waals surface area contributed by atoms with Crippen molar-refractivity contribution in [3.63, 3.8) is 0 Å². The maximum absolute atomic E-state index is 12.6. The van der Waals surface area contributed by atoms with Crippen LogP contribution < -0.4 is 11.5 Å². The smallest absolute Gasteiger partial charge is 0.240 e. The van der Waals surface area contributed by atoms with E-state index in [2.05, 4.69) is 0 Å². The van der Waals surface area contributed by atoms with Crippen LogP contribution in [0.15, 0.2) is 30.3 Å². The summed E-state index contributed by atoms with van der Waals surface area (Å²) in [5.41, 5.74) is 12.3. The zero-order chi connectivity index (χ0) is 15.2. The Kier molecular flexibility index (Phi) is 5.33. The molecule has 0 heterocycles. The summed E-state index contributed by atoms with van der Waals surface area (Å²) in [5, 5.41) is 0. The summed E-state index contributed by atoms with van der Waals surface area (Å²) in [6, 6.07) is 9.13. The molecule has 2 rings (SSSR count). The van der Waals surface area contributed by atoms with Gasteiger partial charge in [-0.1, -0.05) is 43.2 Å². The number of hydrogen-bond donors (Lipinski definition) is 2. The van der Waals surface area contributed by atoms with Crippen LogP contribution in [0.25, 0.3) is 0 Å². The molecule has 5 heteroatoms. The maximum atomic E-state index is 12.6. The second kappa shape index (κ2) is 7.22. The molecular formula is C16H23N3O2. The largest absolute Gasteiger partial charge is 0.368 e. The Labute approximate surface area is 125 Å². The molecule has 1 aromatic rings. The van der Waals surface area contributed by atoms with E-state index in [0.717, 1.165) is 31.2 Å². The quantitative estimate of drug-likeness (QED) is 0.812. The molecule has 0 aromatic heterocycles. The molecular weight excluding hydrogens is 266 g/mol. The Morgan fingerprint density at radius 3 is 2.38 bits per heavy atom. The minimum atomic E-state index is -0.632. The lowest BCUT2D eigenvalue weighted by molar-refractivity contribution is -0.138. The molecule has 1 aliphatic carbocycles. The molecule has 0 unspecified atom stereocenters. The summed E-state index contributed by atoms with van der Waals surface area (Å²) in [6.45, 7) is -0.0357. The second-order valence-corrected chi connectivity index (χ2v) is 5.67. The number of benzene rings is 1. The molecule has 0 saturated heterocycles. The van der Waals surface area contributed by atoms with E-state index < -0.39 is 11.9 Å². The van der Waals surface area contributed by atoms with Gasteiger partial charge in [0.15, 0.2) is 0 Å². The van der Waals surface area contributed by atoms with Gasteiger partial charge in [0.25, 0.3) is 0 Å². The monoisotopic (exact) mass is 289 g/mol. The normalized spacial score (nSPS) is 16.6. The van der Waals surface area contributed by atoms with Crippen LogP contribution in [0.5, 0.6) is 0 Å². The molecule has 0 aliphatic heterocycles. The summed E-state index contributed by atoms with van der Waals surface area (Å²) in [5.74, 6) is -0.660. The van der Waals surface area contributed by atoms with Gasteiger partial charge in [0, 0.05) is 6.04 Å². The molecule has 2 amide bonds. The minimum Gasteiger partial charge on any atom is -0.368 e. The third-order valence-corrected chi connectivity index (χ3v) is 3.99. The number of carbonyl (C=O) groups excluding carboxylic acids is 2. The summed E-state index contributed by atoms with van der Waals surface area (Å²) in [7, 11) is 0. The lowest BCUT2D eigenvalue weighted by atomic mass is 10.0. The third-order valence-electron chi connectivity index (χ3n) is 3.99. The highest BCUT2D eigenvalue weighted by molar-refractivity contribution is 5.87. The van der Waals surface area contributed by atoms with Crippen LogP contribution in [0.4, 0.5) is 0 Å². The number of nitrogens with zero attached hydrogens (tertiary/aromatic N) is 1. The predicted octanol–water partition coefficient (Wildman–Crippen LogP) is 0.813. The van der Waals surface area contributed by atoms with Gasteiger partial charge >= 0.3 is 0 Å². The molecule has 0 bridgehead atoms. The Balaban J connectivity index is 2.04. The van der Waals surface area contributed by atoms with Crippen molar-refractivity contribution in [3.8, 4) is 0 Å². The Morgan fingerprint density at radius 1 is 1.19 bits per heavy atom. The fourth-order valence-electron chi connectivity index (χ4n) is 2.94. The van der Waals surface area contributed by atoms with Crippen molar-refractivity contribution in [1.82, 2.24) is 4.90 Å². The van der Waals surface area contributed by atoms with E-state index >= 15 is 0 Å². The minimum absolute atomic E-state index is 0.0357. The molecule has 1 atom stereocenters. The van der Waals surface area contributed by atoms with Gasteiger partial charge in [0.2, 0.25) is 11.8 Å². The van der Waals surface area contributed by atoms with Gasteiger partial charge < -0.3 is 16.4 Å². The summed E-state index contributed by atoms with van der Waals surface area (Å²) in [6.07, 6.45) is 4.50. The third kappa shape index (κ3) is 4.29. The van der Waals surface area contributed by atoms with Gasteiger partial charge in [-0.25, -0.2) is 0 Å². The van der Waals surface area contributed by atoms with Crippen LogP contribution in [0.1, 0.15) is 31.2 Å². The van der Waals surface area contributed by atoms with Crippen molar-refractivity contribution in [3.05, 3.63) is 35.9 Å². The van der Waals surface area contributed by atoms with Crippen molar-refractivity contribution in [2.75, 3.05) is 6.54 Å². The molecule has 1 saturated carbocycles. The van der Waals surface area contributed by atoms with Gasteiger partial charge in [-0.15, -0.1) is 0 Å². The summed E-state index contributed by atoms with van der Waals surface area (Å²) >= 11 is 0. The zero-order valence-electron chi connectivity index (χ0n) is 12.2. The first-order valence-electron chi connectivity index (χ1n) is 7.46.